The molecular formula is C9H7Cl3N4O4S. The van der Waals surface area contributed by atoms with Gasteiger partial charge >= 0.3 is 10.4 Å². The molecule has 8 nitrogen and oxygen atoms in total. The van der Waals surface area contributed by atoms with Crippen LogP contribution >= 0.6 is 34.8 Å². The van der Waals surface area contributed by atoms with E-state index in [4.69, 9.17) is 52.3 Å². The molecule has 0 saturated carbocycles. The number of hydrogen-bond acceptors (Lipinski definition) is 6. The number of nitrogens with one attached hydrogen (secondary N) is 1. The van der Waals surface area contributed by atoms with E-state index < -0.39 is 10.4 Å². The summed E-state index contributed by atoms with van der Waals surface area (Å²) in [7, 11) is -4.67. The normalized spacial score (nSPS) is 10.5. The van der Waals surface area contributed by atoms with Crippen molar-refractivity contribution in [3.05, 3.63) is 39.9 Å². The lowest BCUT2D eigenvalue weighted by molar-refractivity contribution is 0.381. The lowest BCUT2D eigenvalue weighted by Crippen LogP contribution is -1.99. The Morgan fingerprint density at radius 2 is 1.43 bits per heavy atom. The van der Waals surface area contributed by atoms with Gasteiger partial charge in [-0.2, -0.15) is 23.4 Å². The van der Waals surface area contributed by atoms with Gasteiger partial charge in [0.25, 0.3) is 0 Å². The van der Waals surface area contributed by atoms with Crippen LogP contribution < -0.4 is 5.32 Å². The molecule has 1 heterocycles. The molecule has 0 spiro atoms. The number of rotatable bonds is 2. The van der Waals surface area contributed by atoms with E-state index in [-0.39, 0.29) is 16.5 Å². The zero-order valence-electron chi connectivity index (χ0n) is 9.90. The van der Waals surface area contributed by atoms with Gasteiger partial charge in [0, 0.05) is 0 Å². The quantitative estimate of drug-likeness (QED) is 0.686. The van der Waals surface area contributed by atoms with Gasteiger partial charge in [-0.15, -0.1) is 0 Å². The van der Waals surface area contributed by atoms with Crippen LogP contribution in [0.4, 0.5) is 11.6 Å². The summed E-state index contributed by atoms with van der Waals surface area (Å²) >= 11 is 17.2. The highest BCUT2D eigenvalue weighted by atomic mass is 35.5. The lowest BCUT2D eigenvalue weighted by atomic mass is 10.3. The molecule has 0 aliphatic carbocycles. The van der Waals surface area contributed by atoms with E-state index in [1.807, 2.05) is 12.1 Å². The Morgan fingerprint density at radius 3 is 1.90 bits per heavy atom. The van der Waals surface area contributed by atoms with Crippen molar-refractivity contribution in [3.8, 4) is 0 Å². The smallest absolute Gasteiger partial charge is 0.323 e. The van der Waals surface area contributed by atoms with Gasteiger partial charge in [0.15, 0.2) is 0 Å². The molecule has 0 saturated heterocycles. The van der Waals surface area contributed by atoms with Gasteiger partial charge in [-0.05, 0) is 35.3 Å². The van der Waals surface area contributed by atoms with E-state index in [0.29, 0.717) is 10.7 Å². The van der Waals surface area contributed by atoms with Crippen molar-refractivity contribution in [3.63, 3.8) is 0 Å². The predicted molar refractivity (Wildman–Crippen MR) is 78.8 cm³/mol. The Kier molecular flexibility index (Phi) is 6.52. The molecular weight excluding hydrogens is 367 g/mol. The maximum absolute atomic E-state index is 8.74. The number of benzene rings is 1. The summed E-state index contributed by atoms with van der Waals surface area (Å²) in [4.78, 5) is 11.4. The van der Waals surface area contributed by atoms with Gasteiger partial charge in [0.2, 0.25) is 16.5 Å². The fraction of sp³-hybridized carbons (Fsp3) is 0. The standard InChI is InChI=1S/C9H5Cl3N4.H2O4S/c10-5-3-1-2-4-6(5)13-9-15-7(11)14-8(12)16-9;1-5(2,3)4/h1-4H,(H,13,14,15,16);(H2,1,2,3,4). The molecule has 3 N–H and O–H groups in total. The van der Waals surface area contributed by atoms with Crippen LogP contribution in [0.25, 0.3) is 0 Å². The summed E-state index contributed by atoms with van der Waals surface area (Å²) in [5, 5.41) is 3.49. The maximum Gasteiger partial charge on any atom is 0.394 e. The van der Waals surface area contributed by atoms with E-state index in [1.165, 1.54) is 0 Å². The molecule has 0 unspecified atom stereocenters. The molecule has 0 bridgehead atoms. The van der Waals surface area contributed by atoms with Crippen LogP contribution in [-0.2, 0) is 10.4 Å². The number of halogens is 3. The second-order valence-electron chi connectivity index (χ2n) is 3.25. The van der Waals surface area contributed by atoms with Crippen molar-refractivity contribution in [1.82, 2.24) is 15.0 Å². The minimum atomic E-state index is -4.67. The molecule has 0 radical (unpaired) electrons. The number of nitrogens with zero attached hydrogens (tertiary/aromatic N) is 3. The van der Waals surface area contributed by atoms with Gasteiger partial charge in [-0.3, -0.25) is 9.11 Å². The first kappa shape index (κ1) is 17.8. The van der Waals surface area contributed by atoms with Crippen LogP contribution in [0.5, 0.6) is 0 Å². The molecule has 12 heteroatoms. The minimum absolute atomic E-state index is 0.0227. The zero-order chi connectivity index (χ0) is 16.0. The molecule has 0 fully saturated rings. The van der Waals surface area contributed by atoms with Crippen molar-refractivity contribution in [2.75, 3.05) is 5.32 Å². The van der Waals surface area contributed by atoms with E-state index >= 15 is 0 Å². The second-order valence-corrected chi connectivity index (χ2v) is 5.23. The van der Waals surface area contributed by atoms with Crippen molar-refractivity contribution in [2.24, 2.45) is 0 Å². The van der Waals surface area contributed by atoms with Crippen LogP contribution in [0.15, 0.2) is 24.3 Å². The summed E-state index contributed by atoms with van der Waals surface area (Å²) in [5.74, 6) is 0.248. The van der Waals surface area contributed by atoms with Crippen LogP contribution in [-0.4, -0.2) is 32.5 Å². The van der Waals surface area contributed by atoms with Gasteiger partial charge < -0.3 is 5.32 Å². The summed E-state index contributed by atoms with van der Waals surface area (Å²) < 4.78 is 31.6. The van der Waals surface area contributed by atoms with E-state index in [9.17, 15) is 0 Å². The molecule has 2 rings (SSSR count). The zero-order valence-corrected chi connectivity index (χ0v) is 13.0. The monoisotopic (exact) mass is 372 g/mol. The van der Waals surface area contributed by atoms with E-state index in [1.54, 1.807) is 12.1 Å². The Bertz CT molecular complexity index is 700. The topological polar surface area (TPSA) is 125 Å². The fourth-order valence-electron chi connectivity index (χ4n) is 1.06. The molecule has 0 aliphatic rings. The number of anilines is 2. The van der Waals surface area contributed by atoms with Crippen LogP contribution in [0.2, 0.25) is 15.6 Å². The maximum atomic E-state index is 8.74. The van der Waals surface area contributed by atoms with Gasteiger partial charge in [-0.1, -0.05) is 23.7 Å². The Hall–Kier alpha value is -1.23. The SMILES string of the molecule is Clc1nc(Cl)nc(Nc2ccccc2Cl)n1.O=S(=O)(O)O. The van der Waals surface area contributed by atoms with Crippen molar-refractivity contribution in [2.45, 2.75) is 0 Å². The summed E-state index contributed by atoms with van der Waals surface area (Å²) in [6, 6.07) is 7.18. The first-order chi connectivity index (χ1) is 9.65. The second kappa shape index (κ2) is 7.69. The van der Waals surface area contributed by atoms with E-state index in [2.05, 4.69) is 20.3 Å². The van der Waals surface area contributed by atoms with Crippen molar-refractivity contribution < 1.29 is 17.5 Å². The predicted octanol–water partition coefficient (Wildman–Crippen LogP) is 2.92. The highest BCUT2D eigenvalue weighted by Gasteiger charge is 2.05. The van der Waals surface area contributed by atoms with E-state index in [0.717, 1.165) is 0 Å². The highest BCUT2D eigenvalue weighted by Crippen LogP contribution is 2.23. The fourth-order valence-corrected chi connectivity index (χ4v) is 1.61. The summed E-state index contributed by atoms with van der Waals surface area (Å²) in [6.45, 7) is 0. The first-order valence-corrected chi connectivity index (χ1v) is 7.47. The third kappa shape index (κ3) is 7.95. The molecule has 0 atom stereocenters. The Balaban J connectivity index is 0.000000383. The Morgan fingerprint density at radius 1 is 0.952 bits per heavy atom. The first-order valence-electron chi connectivity index (χ1n) is 4.93. The average molecular weight is 374 g/mol. The molecule has 2 aromatic rings. The summed E-state index contributed by atoms with van der Waals surface area (Å²) in [6.07, 6.45) is 0. The molecule has 1 aromatic carbocycles. The van der Waals surface area contributed by atoms with Gasteiger partial charge in [0.05, 0.1) is 10.7 Å². The van der Waals surface area contributed by atoms with Crippen LogP contribution in [0.3, 0.4) is 0 Å². The number of hydrogen-bond donors (Lipinski definition) is 3. The lowest BCUT2D eigenvalue weighted by Gasteiger charge is -2.06. The molecule has 1 aromatic heterocycles. The largest absolute Gasteiger partial charge is 0.394 e. The van der Waals surface area contributed by atoms with Crippen LogP contribution in [0.1, 0.15) is 0 Å². The molecule has 114 valence electrons. The number of aromatic nitrogens is 3. The van der Waals surface area contributed by atoms with Gasteiger partial charge in [0.1, 0.15) is 0 Å². The third-order valence-electron chi connectivity index (χ3n) is 1.70. The molecule has 0 aliphatic heterocycles. The van der Waals surface area contributed by atoms with Crippen molar-refractivity contribution in [1.29, 1.82) is 0 Å². The summed E-state index contributed by atoms with van der Waals surface area (Å²) in [5.41, 5.74) is 0.669. The molecule has 0 amide bonds. The number of para-hydroxylation sites is 1. The Labute approximate surface area is 134 Å². The van der Waals surface area contributed by atoms with Gasteiger partial charge in [-0.25, -0.2) is 0 Å². The minimum Gasteiger partial charge on any atom is -0.323 e. The third-order valence-corrected chi connectivity index (χ3v) is 2.37. The molecule has 21 heavy (non-hydrogen) atoms. The average Bonchev–Trinajstić information content (AvgIpc) is 2.28. The van der Waals surface area contributed by atoms with Crippen molar-refractivity contribution >= 4 is 56.8 Å². The highest BCUT2D eigenvalue weighted by molar-refractivity contribution is 7.79. The van der Waals surface area contributed by atoms with Crippen LogP contribution in [0, 0.1) is 0 Å².